The first kappa shape index (κ1) is 11.7. The van der Waals surface area contributed by atoms with Gasteiger partial charge in [0.05, 0.1) is 5.92 Å². The highest BCUT2D eigenvalue weighted by molar-refractivity contribution is 5.70. The Bertz CT molecular complexity index is 458. The summed E-state index contributed by atoms with van der Waals surface area (Å²) in [6, 6.07) is 8.60. The molecule has 0 bridgehead atoms. The van der Waals surface area contributed by atoms with E-state index in [4.69, 9.17) is 5.11 Å². The third-order valence-corrected chi connectivity index (χ3v) is 4.29. The van der Waals surface area contributed by atoms with E-state index in [9.17, 15) is 4.79 Å². The molecule has 1 aromatic rings. The van der Waals surface area contributed by atoms with E-state index in [0.29, 0.717) is 5.92 Å². The number of piperidine rings is 1. The Labute approximate surface area is 107 Å². The van der Waals surface area contributed by atoms with Crippen LogP contribution in [0.25, 0.3) is 0 Å². The second-order valence-electron chi connectivity index (χ2n) is 5.54. The summed E-state index contributed by atoms with van der Waals surface area (Å²) in [7, 11) is 0. The topological polar surface area (TPSA) is 40.5 Å². The molecule has 0 spiro atoms. The van der Waals surface area contributed by atoms with Crippen LogP contribution in [0.15, 0.2) is 24.3 Å². The number of nitrogens with zero attached hydrogens (tertiary/aromatic N) is 1. The average molecular weight is 245 g/mol. The first-order valence-corrected chi connectivity index (χ1v) is 6.77. The van der Waals surface area contributed by atoms with Gasteiger partial charge in [0.15, 0.2) is 0 Å². The van der Waals surface area contributed by atoms with Crippen LogP contribution in [-0.4, -0.2) is 35.6 Å². The van der Waals surface area contributed by atoms with Gasteiger partial charge in [0, 0.05) is 19.0 Å². The molecule has 18 heavy (non-hydrogen) atoms. The number of likely N-dealkylation sites (tertiary alicyclic amines) is 1. The minimum Gasteiger partial charge on any atom is -0.481 e. The Morgan fingerprint density at radius 2 is 2.22 bits per heavy atom. The van der Waals surface area contributed by atoms with E-state index >= 15 is 0 Å². The highest BCUT2D eigenvalue weighted by Crippen LogP contribution is 2.36. The summed E-state index contributed by atoms with van der Waals surface area (Å²) in [6.07, 6.45) is 3.02. The van der Waals surface area contributed by atoms with Crippen LogP contribution in [0, 0.1) is 5.92 Å². The van der Waals surface area contributed by atoms with Gasteiger partial charge < -0.3 is 10.0 Å². The molecule has 96 valence electrons. The number of rotatable bonds is 3. The van der Waals surface area contributed by atoms with E-state index in [0.717, 1.165) is 38.9 Å². The van der Waals surface area contributed by atoms with Crippen LogP contribution in [0.4, 0.5) is 0 Å². The molecule has 1 fully saturated rings. The van der Waals surface area contributed by atoms with Crippen molar-refractivity contribution in [2.45, 2.75) is 25.2 Å². The zero-order valence-corrected chi connectivity index (χ0v) is 10.5. The van der Waals surface area contributed by atoms with E-state index in [-0.39, 0.29) is 5.92 Å². The summed E-state index contributed by atoms with van der Waals surface area (Å²) in [5.74, 6) is -0.170. The van der Waals surface area contributed by atoms with Crippen molar-refractivity contribution in [1.29, 1.82) is 0 Å². The van der Waals surface area contributed by atoms with Crippen LogP contribution in [-0.2, 0) is 11.2 Å². The number of aliphatic carboxylic acids is 1. The van der Waals surface area contributed by atoms with Crippen LogP contribution in [0.1, 0.15) is 29.9 Å². The number of fused-ring (bicyclic) bond motifs is 1. The highest BCUT2D eigenvalue weighted by Gasteiger charge is 2.31. The lowest BCUT2D eigenvalue weighted by molar-refractivity contribution is -0.143. The van der Waals surface area contributed by atoms with Crippen LogP contribution >= 0.6 is 0 Å². The van der Waals surface area contributed by atoms with Crippen molar-refractivity contribution in [3.63, 3.8) is 0 Å². The Balaban J connectivity index is 1.60. The van der Waals surface area contributed by atoms with Gasteiger partial charge in [-0.3, -0.25) is 4.79 Å². The van der Waals surface area contributed by atoms with Gasteiger partial charge in [-0.05, 0) is 36.9 Å². The lowest BCUT2D eigenvalue weighted by Gasteiger charge is -2.37. The highest BCUT2D eigenvalue weighted by atomic mass is 16.4. The van der Waals surface area contributed by atoms with Crippen molar-refractivity contribution in [3.8, 4) is 0 Å². The Kier molecular flexibility index (Phi) is 3.08. The smallest absolute Gasteiger partial charge is 0.307 e. The molecule has 1 N–H and O–H groups in total. The number of carboxylic acids is 1. The fourth-order valence-electron chi connectivity index (χ4n) is 3.26. The summed E-state index contributed by atoms with van der Waals surface area (Å²) in [5, 5.41) is 9.09. The molecule has 2 aliphatic rings. The maximum absolute atomic E-state index is 11.0. The second-order valence-corrected chi connectivity index (χ2v) is 5.54. The molecular formula is C15H19NO2. The van der Waals surface area contributed by atoms with Crippen molar-refractivity contribution in [2.75, 3.05) is 19.6 Å². The fourth-order valence-corrected chi connectivity index (χ4v) is 3.26. The van der Waals surface area contributed by atoms with Gasteiger partial charge in [-0.2, -0.15) is 0 Å². The van der Waals surface area contributed by atoms with Crippen molar-refractivity contribution < 1.29 is 9.90 Å². The van der Waals surface area contributed by atoms with Gasteiger partial charge in [0.25, 0.3) is 0 Å². The Hall–Kier alpha value is -1.35. The predicted molar refractivity (Wildman–Crippen MR) is 69.7 cm³/mol. The molecule has 3 rings (SSSR count). The van der Waals surface area contributed by atoms with Crippen LogP contribution in [0.5, 0.6) is 0 Å². The standard InChI is InChI=1S/C15H19NO2/c17-15(18)12-5-3-7-16(9-12)10-13-8-11-4-1-2-6-14(11)13/h1-2,4,6,12-13H,3,5,7-10H2,(H,17,18). The number of hydrogen-bond donors (Lipinski definition) is 1. The van der Waals surface area contributed by atoms with Gasteiger partial charge in [0.2, 0.25) is 0 Å². The maximum Gasteiger partial charge on any atom is 0.307 e. The van der Waals surface area contributed by atoms with E-state index in [2.05, 4.69) is 29.2 Å². The summed E-state index contributed by atoms with van der Waals surface area (Å²) in [6.45, 7) is 2.82. The fraction of sp³-hybridized carbons (Fsp3) is 0.533. The number of hydrogen-bond acceptors (Lipinski definition) is 2. The molecule has 0 radical (unpaired) electrons. The van der Waals surface area contributed by atoms with E-state index in [1.165, 1.54) is 11.1 Å². The van der Waals surface area contributed by atoms with Crippen molar-refractivity contribution in [2.24, 2.45) is 5.92 Å². The quantitative estimate of drug-likeness (QED) is 0.886. The molecule has 0 aromatic heterocycles. The van der Waals surface area contributed by atoms with E-state index in [1.807, 2.05) is 0 Å². The summed E-state index contributed by atoms with van der Waals surface area (Å²) >= 11 is 0. The molecule has 3 nitrogen and oxygen atoms in total. The SMILES string of the molecule is O=C(O)C1CCCN(CC2Cc3ccccc32)C1. The predicted octanol–water partition coefficient (Wildman–Crippen LogP) is 2.12. The summed E-state index contributed by atoms with van der Waals surface area (Å²) < 4.78 is 0. The van der Waals surface area contributed by atoms with Crippen molar-refractivity contribution in [3.05, 3.63) is 35.4 Å². The molecule has 0 saturated carbocycles. The molecule has 1 aliphatic carbocycles. The summed E-state index contributed by atoms with van der Waals surface area (Å²) in [5.41, 5.74) is 2.93. The van der Waals surface area contributed by atoms with Crippen LogP contribution < -0.4 is 0 Å². The first-order valence-electron chi connectivity index (χ1n) is 6.77. The molecular weight excluding hydrogens is 226 g/mol. The number of carbonyl (C=O) groups is 1. The molecule has 2 atom stereocenters. The Morgan fingerprint density at radius 3 is 3.00 bits per heavy atom. The zero-order chi connectivity index (χ0) is 12.5. The number of benzene rings is 1. The second kappa shape index (κ2) is 4.73. The lowest BCUT2D eigenvalue weighted by atomic mass is 9.77. The van der Waals surface area contributed by atoms with Crippen molar-refractivity contribution >= 4 is 5.97 Å². The summed E-state index contributed by atoms with van der Waals surface area (Å²) in [4.78, 5) is 13.4. The minimum absolute atomic E-state index is 0.158. The van der Waals surface area contributed by atoms with Crippen LogP contribution in [0.2, 0.25) is 0 Å². The zero-order valence-electron chi connectivity index (χ0n) is 10.5. The van der Waals surface area contributed by atoms with Crippen LogP contribution in [0.3, 0.4) is 0 Å². The third kappa shape index (κ3) is 2.15. The average Bonchev–Trinajstić information content (AvgIpc) is 2.36. The molecule has 1 saturated heterocycles. The first-order chi connectivity index (χ1) is 8.74. The normalized spacial score (nSPS) is 27.3. The van der Waals surface area contributed by atoms with Gasteiger partial charge in [0.1, 0.15) is 0 Å². The van der Waals surface area contributed by atoms with Gasteiger partial charge in [-0.25, -0.2) is 0 Å². The molecule has 0 amide bonds. The van der Waals surface area contributed by atoms with Crippen molar-refractivity contribution in [1.82, 2.24) is 4.90 Å². The molecule has 1 aromatic carbocycles. The largest absolute Gasteiger partial charge is 0.481 e. The van der Waals surface area contributed by atoms with Gasteiger partial charge in [-0.15, -0.1) is 0 Å². The minimum atomic E-state index is -0.631. The van der Waals surface area contributed by atoms with E-state index < -0.39 is 5.97 Å². The third-order valence-electron chi connectivity index (χ3n) is 4.29. The Morgan fingerprint density at radius 1 is 1.39 bits per heavy atom. The lowest BCUT2D eigenvalue weighted by Crippen LogP contribution is -2.42. The van der Waals surface area contributed by atoms with E-state index in [1.54, 1.807) is 0 Å². The van der Waals surface area contributed by atoms with Gasteiger partial charge in [-0.1, -0.05) is 24.3 Å². The molecule has 3 heteroatoms. The molecule has 2 unspecified atom stereocenters. The maximum atomic E-state index is 11.0. The monoisotopic (exact) mass is 245 g/mol. The number of carboxylic acid groups (broad SMARTS) is 1. The molecule has 1 heterocycles. The van der Waals surface area contributed by atoms with Gasteiger partial charge >= 0.3 is 5.97 Å². The molecule has 1 aliphatic heterocycles.